The summed E-state index contributed by atoms with van der Waals surface area (Å²) in [5.41, 5.74) is 0.537. The summed E-state index contributed by atoms with van der Waals surface area (Å²) < 4.78 is 5.74. The van der Waals surface area contributed by atoms with Gasteiger partial charge >= 0.3 is 5.97 Å². The van der Waals surface area contributed by atoms with Crippen LogP contribution in [0.25, 0.3) is 0 Å². The van der Waals surface area contributed by atoms with Crippen LogP contribution >= 0.6 is 55.1 Å². The van der Waals surface area contributed by atoms with Crippen molar-refractivity contribution in [1.82, 2.24) is 4.90 Å². The smallest absolute Gasteiger partial charge is 0.337 e. The Hall–Kier alpha value is -0.800. The Kier molecular flexibility index (Phi) is 6.55. The first kappa shape index (κ1) is 19.5. The van der Waals surface area contributed by atoms with Crippen molar-refractivity contribution in [3.63, 3.8) is 0 Å². The molecule has 24 heavy (non-hydrogen) atoms. The van der Waals surface area contributed by atoms with Gasteiger partial charge in [-0.15, -0.1) is 0 Å². The first-order valence-electron chi connectivity index (χ1n) is 6.63. The van der Waals surface area contributed by atoms with Crippen LogP contribution in [0, 0.1) is 0 Å². The predicted molar refractivity (Wildman–Crippen MR) is 98.2 cm³/mol. The van der Waals surface area contributed by atoms with E-state index in [-0.39, 0.29) is 31.0 Å². The molecule has 1 aliphatic heterocycles. The fourth-order valence-corrected chi connectivity index (χ4v) is 4.02. The largest absolute Gasteiger partial charge is 0.466 e. The zero-order valence-electron chi connectivity index (χ0n) is 12.3. The van der Waals surface area contributed by atoms with Crippen LogP contribution in [0.3, 0.4) is 0 Å². The second-order valence-electron chi connectivity index (χ2n) is 4.76. The predicted octanol–water partition coefficient (Wildman–Crippen LogP) is 3.19. The molecule has 0 saturated heterocycles. The van der Waals surface area contributed by atoms with Crippen LogP contribution in [0.15, 0.2) is 26.3 Å². The van der Waals surface area contributed by atoms with Crippen molar-refractivity contribution >= 4 is 72.6 Å². The van der Waals surface area contributed by atoms with E-state index in [9.17, 15) is 9.59 Å². The van der Waals surface area contributed by atoms with Crippen molar-refractivity contribution in [2.24, 2.45) is 0 Å². The van der Waals surface area contributed by atoms with Crippen molar-refractivity contribution in [2.45, 2.75) is 0 Å². The number of halogens is 4. The first-order valence-corrected chi connectivity index (χ1v) is 8.97. The number of ether oxygens (including phenoxy) is 1. The molecule has 0 spiro atoms. The number of nitrogens with zero attached hydrogens (tertiary/aromatic N) is 1. The number of aliphatic hydroxyl groups excluding tert-OH is 1. The minimum atomic E-state index is -0.637. The van der Waals surface area contributed by atoms with E-state index in [2.05, 4.69) is 37.2 Å². The minimum absolute atomic E-state index is 0.0356. The molecule has 1 aliphatic rings. The molecule has 2 N–H and O–H groups in total. The summed E-state index contributed by atoms with van der Waals surface area (Å²) in [6, 6.07) is 1.57. The fourth-order valence-electron chi connectivity index (χ4n) is 2.15. The number of methoxy groups -OCH3 is 1. The average Bonchev–Trinajstić information content (AvgIpc) is 2.85. The molecule has 10 heteroatoms. The summed E-state index contributed by atoms with van der Waals surface area (Å²) in [5, 5.41) is 12.6. The fraction of sp³-hybridized carbons (Fsp3) is 0.286. The number of anilines is 1. The second kappa shape index (κ2) is 8.05. The van der Waals surface area contributed by atoms with E-state index in [1.807, 2.05) is 0 Å². The molecule has 6 nitrogen and oxygen atoms in total. The van der Waals surface area contributed by atoms with E-state index < -0.39 is 11.9 Å². The lowest BCUT2D eigenvalue weighted by Crippen LogP contribution is -2.31. The van der Waals surface area contributed by atoms with Gasteiger partial charge in [0.15, 0.2) is 0 Å². The summed E-state index contributed by atoms with van der Waals surface area (Å²) in [5.74, 6) is -1.08. The molecule has 0 bridgehead atoms. The van der Waals surface area contributed by atoms with Gasteiger partial charge in [-0.2, -0.15) is 0 Å². The molecule has 1 heterocycles. The van der Waals surface area contributed by atoms with E-state index in [1.165, 1.54) is 12.0 Å². The number of amides is 1. The molecular formula is C14H12Br2Cl2N2O4. The van der Waals surface area contributed by atoms with E-state index >= 15 is 0 Å². The summed E-state index contributed by atoms with van der Waals surface area (Å²) in [7, 11) is 1.23. The van der Waals surface area contributed by atoms with E-state index in [1.54, 1.807) is 6.07 Å². The van der Waals surface area contributed by atoms with Gasteiger partial charge in [-0.25, -0.2) is 4.79 Å². The number of carbonyl (C=O) groups is 2. The third kappa shape index (κ3) is 3.72. The van der Waals surface area contributed by atoms with Gasteiger partial charge in [0.05, 0.1) is 46.0 Å². The number of rotatable bonds is 5. The third-order valence-corrected chi connectivity index (χ3v) is 5.88. The van der Waals surface area contributed by atoms with E-state index in [0.29, 0.717) is 24.7 Å². The van der Waals surface area contributed by atoms with Crippen molar-refractivity contribution in [1.29, 1.82) is 0 Å². The molecule has 1 amide bonds. The highest BCUT2D eigenvalue weighted by molar-refractivity contribution is 9.11. The number of esters is 1. The van der Waals surface area contributed by atoms with Crippen molar-refractivity contribution in [2.75, 3.05) is 32.1 Å². The highest BCUT2D eigenvalue weighted by atomic mass is 79.9. The molecule has 0 fully saturated rings. The molecular weight excluding hydrogens is 491 g/mol. The third-order valence-electron chi connectivity index (χ3n) is 3.32. The molecule has 0 atom stereocenters. The van der Waals surface area contributed by atoms with Crippen LogP contribution in [0.4, 0.5) is 5.69 Å². The minimum Gasteiger partial charge on any atom is -0.466 e. The maximum Gasteiger partial charge on any atom is 0.337 e. The van der Waals surface area contributed by atoms with Crippen LogP contribution in [0.5, 0.6) is 0 Å². The van der Waals surface area contributed by atoms with Crippen LogP contribution in [0.2, 0.25) is 10.0 Å². The Balaban J connectivity index is 2.47. The average molecular weight is 503 g/mol. The van der Waals surface area contributed by atoms with Gasteiger partial charge in [-0.05, 0) is 37.9 Å². The summed E-state index contributed by atoms with van der Waals surface area (Å²) in [6.07, 6.45) is 0. The number of hydrogen-bond acceptors (Lipinski definition) is 5. The number of nitrogens with one attached hydrogen (secondary N) is 1. The number of β-amino-alcohol motifs (C(OH)–C–C–N with tert-alkyl or cyclic N) is 1. The lowest BCUT2D eigenvalue weighted by molar-refractivity contribution is -0.136. The number of benzene rings is 1. The molecule has 130 valence electrons. The normalized spacial score (nSPS) is 14.4. The second-order valence-corrected chi connectivity index (χ2v) is 7.20. The number of hydrogen-bond donors (Lipinski definition) is 2. The molecule has 2 rings (SSSR count). The Morgan fingerprint density at radius 1 is 1.46 bits per heavy atom. The monoisotopic (exact) mass is 500 g/mol. The molecule has 1 aromatic rings. The summed E-state index contributed by atoms with van der Waals surface area (Å²) in [6.45, 7) is -0.0869. The van der Waals surface area contributed by atoms with Gasteiger partial charge in [-0.1, -0.05) is 23.2 Å². The SMILES string of the molecule is COC(=O)C1=C(Nc2c(Cl)cc(Br)c(Cl)c2Br)C(=O)N(CCO)C1. The van der Waals surface area contributed by atoms with Gasteiger partial charge in [0.1, 0.15) is 5.70 Å². The zero-order chi connectivity index (χ0) is 18.0. The Morgan fingerprint density at radius 2 is 2.12 bits per heavy atom. The molecule has 0 saturated carbocycles. The van der Waals surface area contributed by atoms with Gasteiger partial charge in [0, 0.05) is 11.0 Å². The lowest BCUT2D eigenvalue weighted by Gasteiger charge is -2.16. The quantitative estimate of drug-likeness (QED) is 0.367. The Labute approximate surface area is 165 Å². The topological polar surface area (TPSA) is 78.9 Å². The molecule has 0 unspecified atom stereocenters. The van der Waals surface area contributed by atoms with Crippen LogP contribution in [-0.4, -0.2) is 48.7 Å². The van der Waals surface area contributed by atoms with Crippen molar-refractivity contribution in [3.05, 3.63) is 36.3 Å². The van der Waals surface area contributed by atoms with Crippen LogP contribution < -0.4 is 5.32 Å². The maximum absolute atomic E-state index is 12.5. The van der Waals surface area contributed by atoms with E-state index in [0.717, 1.165) is 0 Å². The number of carbonyl (C=O) groups excluding carboxylic acids is 2. The van der Waals surface area contributed by atoms with Gasteiger partial charge in [0.2, 0.25) is 0 Å². The van der Waals surface area contributed by atoms with Gasteiger partial charge in [0.25, 0.3) is 5.91 Å². The van der Waals surface area contributed by atoms with Crippen LogP contribution in [0.1, 0.15) is 0 Å². The molecule has 0 aromatic heterocycles. The Morgan fingerprint density at radius 3 is 2.71 bits per heavy atom. The maximum atomic E-state index is 12.5. The zero-order valence-corrected chi connectivity index (χ0v) is 17.0. The first-order chi connectivity index (χ1) is 11.3. The summed E-state index contributed by atoms with van der Waals surface area (Å²) in [4.78, 5) is 25.8. The van der Waals surface area contributed by atoms with Gasteiger partial charge in [-0.3, -0.25) is 4.79 Å². The molecule has 0 aliphatic carbocycles. The van der Waals surface area contributed by atoms with Crippen molar-refractivity contribution < 1.29 is 19.4 Å². The van der Waals surface area contributed by atoms with E-state index in [4.69, 9.17) is 33.0 Å². The summed E-state index contributed by atoms with van der Waals surface area (Å²) >= 11 is 18.9. The van der Waals surface area contributed by atoms with Crippen molar-refractivity contribution in [3.8, 4) is 0 Å². The van der Waals surface area contributed by atoms with Gasteiger partial charge < -0.3 is 20.1 Å². The highest BCUT2D eigenvalue weighted by Crippen LogP contribution is 2.42. The molecule has 1 aromatic carbocycles. The highest BCUT2D eigenvalue weighted by Gasteiger charge is 2.35. The van der Waals surface area contributed by atoms with Crippen LogP contribution in [-0.2, 0) is 14.3 Å². The number of aliphatic hydroxyl groups is 1. The Bertz CT molecular complexity index is 740. The lowest BCUT2D eigenvalue weighted by atomic mass is 10.2. The standard InChI is InChI=1S/C14H12Br2Cl2N2O4/c1-24-14(23)6-5-20(2-3-21)13(22)11(6)19-12-8(17)4-7(15)10(18)9(12)16/h4,19,21H,2-3,5H2,1H3. The molecule has 0 radical (unpaired) electrons.